The summed E-state index contributed by atoms with van der Waals surface area (Å²) in [5.74, 6) is -10.0. The van der Waals surface area contributed by atoms with E-state index in [9.17, 15) is 31.9 Å². The maximum atomic E-state index is 15.2. The van der Waals surface area contributed by atoms with Crippen molar-refractivity contribution >= 4 is 34.6 Å². The highest BCUT2D eigenvalue weighted by molar-refractivity contribution is 6.29. The number of hydrogen-bond donors (Lipinski definition) is 1. The molecule has 0 bridgehead atoms. The zero-order valence-corrected chi connectivity index (χ0v) is 18.0. The molecular weight excluding hydrogens is 490 g/mol. The van der Waals surface area contributed by atoms with E-state index >= 15 is 4.39 Å². The lowest BCUT2D eigenvalue weighted by Gasteiger charge is -2.36. The lowest BCUT2D eigenvalue weighted by atomic mass is 9.95. The van der Waals surface area contributed by atoms with Crippen molar-refractivity contribution in [2.45, 2.75) is 31.4 Å². The molecule has 180 valence electrons. The molecule has 0 radical (unpaired) electrons. The quantitative estimate of drug-likeness (QED) is 0.495. The first-order valence-electron chi connectivity index (χ1n) is 10.0. The Balaban J connectivity index is 1.60. The summed E-state index contributed by atoms with van der Waals surface area (Å²) in [6.07, 6.45) is -3.78. The highest BCUT2D eigenvalue weighted by Crippen LogP contribution is 2.71. The van der Waals surface area contributed by atoms with Gasteiger partial charge in [0.15, 0.2) is 10.8 Å². The van der Waals surface area contributed by atoms with E-state index in [2.05, 4.69) is 10.1 Å². The minimum absolute atomic E-state index is 0.0176. The number of carbonyl (C=O) groups is 1. The third-order valence-corrected chi connectivity index (χ3v) is 6.90. The van der Waals surface area contributed by atoms with E-state index in [0.717, 1.165) is 34.5 Å². The summed E-state index contributed by atoms with van der Waals surface area (Å²) in [5.41, 5.74) is -2.46. The van der Waals surface area contributed by atoms with E-state index in [1.165, 1.54) is 12.3 Å². The maximum absolute atomic E-state index is 15.2. The molecule has 3 heterocycles. The first kappa shape index (κ1) is 22.8. The predicted molar refractivity (Wildman–Crippen MR) is 108 cm³/mol. The molecule has 1 N–H and O–H groups in total. The van der Waals surface area contributed by atoms with Gasteiger partial charge in [-0.3, -0.25) is 4.79 Å². The third-order valence-electron chi connectivity index (χ3n) is 6.72. The van der Waals surface area contributed by atoms with E-state index < -0.39 is 54.1 Å². The van der Waals surface area contributed by atoms with Crippen LogP contribution < -0.4 is 4.90 Å². The van der Waals surface area contributed by atoms with Crippen LogP contribution in [0.2, 0.25) is 5.15 Å². The van der Waals surface area contributed by atoms with Crippen LogP contribution in [0.1, 0.15) is 24.1 Å². The van der Waals surface area contributed by atoms with Gasteiger partial charge < -0.3 is 10.0 Å². The van der Waals surface area contributed by atoms with Crippen molar-refractivity contribution in [1.29, 1.82) is 0 Å². The van der Waals surface area contributed by atoms with Crippen molar-refractivity contribution < 1.29 is 36.2 Å². The third kappa shape index (κ3) is 3.07. The summed E-state index contributed by atoms with van der Waals surface area (Å²) in [4.78, 5) is 16.5. The number of nitrogens with zero attached hydrogens (tertiary/aromatic N) is 4. The number of alkyl halides is 5. The Bertz CT molecular complexity index is 1340. The van der Waals surface area contributed by atoms with Crippen molar-refractivity contribution in [2.24, 2.45) is 11.3 Å². The van der Waals surface area contributed by atoms with Gasteiger partial charge in [0.2, 0.25) is 0 Å². The number of carboxylic acid groups (broad SMARTS) is 1. The van der Waals surface area contributed by atoms with Gasteiger partial charge in [-0.1, -0.05) is 17.7 Å². The van der Waals surface area contributed by atoms with Crippen LogP contribution >= 0.6 is 11.6 Å². The molecule has 34 heavy (non-hydrogen) atoms. The zero-order chi connectivity index (χ0) is 24.8. The van der Waals surface area contributed by atoms with Gasteiger partial charge in [-0.25, -0.2) is 22.7 Å². The van der Waals surface area contributed by atoms with Crippen LogP contribution in [0, 0.1) is 17.2 Å². The fourth-order valence-corrected chi connectivity index (χ4v) is 4.86. The summed E-state index contributed by atoms with van der Waals surface area (Å²) < 4.78 is 86.0. The molecule has 1 aromatic carbocycles. The first-order chi connectivity index (χ1) is 15.8. The minimum Gasteiger partial charge on any atom is -0.481 e. The number of fused-ring (bicyclic) bond motifs is 3. The standard InChI is InChI=1S/C21H15ClF6N4O2/c1-19(18(33)34)17(20(19,24)25)9-2-3-12(11(23)4-9)31-8-10(21(26,27)28)5-13-14(31)7-29-16-6-15(22)30-32(13)16/h2-4,6-7,10,17H,5,8H2,1H3,(H,33,34)/t10-,17?,19?/m1/s1. The molecule has 3 aromatic rings. The number of aliphatic carboxylic acids is 1. The van der Waals surface area contributed by atoms with Crippen LogP contribution in [0.25, 0.3) is 5.65 Å². The molecule has 0 saturated heterocycles. The minimum atomic E-state index is -4.61. The smallest absolute Gasteiger partial charge is 0.393 e. The molecule has 6 nitrogen and oxygen atoms in total. The second kappa shape index (κ2) is 7.00. The molecule has 3 atom stereocenters. The molecule has 2 unspecified atom stereocenters. The largest absolute Gasteiger partial charge is 0.481 e. The summed E-state index contributed by atoms with van der Waals surface area (Å²) >= 11 is 5.88. The SMILES string of the molecule is CC1(C(=O)O)C(c2ccc(N3C[C@H](C(F)(F)F)Cc4c3cnc3cc(Cl)nn43)c(F)c2)C1(F)F. The van der Waals surface area contributed by atoms with Crippen molar-refractivity contribution in [3.63, 3.8) is 0 Å². The lowest BCUT2D eigenvalue weighted by Crippen LogP contribution is -2.41. The van der Waals surface area contributed by atoms with Gasteiger partial charge in [0.1, 0.15) is 11.2 Å². The maximum Gasteiger partial charge on any atom is 0.393 e. The summed E-state index contributed by atoms with van der Waals surface area (Å²) in [7, 11) is 0. The van der Waals surface area contributed by atoms with E-state index in [0.29, 0.717) is 0 Å². The summed E-state index contributed by atoms with van der Waals surface area (Å²) in [6.45, 7) is 0.230. The van der Waals surface area contributed by atoms with Crippen LogP contribution in [0.5, 0.6) is 0 Å². The zero-order valence-electron chi connectivity index (χ0n) is 17.2. The average Bonchev–Trinajstić information content (AvgIpc) is 3.01. The molecule has 0 spiro atoms. The molecule has 1 aliphatic heterocycles. The Morgan fingerprint density at radius 3 is 2.53 bits per heavy atom. The van der Waals surface area contributed by atoms with Crippen molar-refractivity contribution in [3.8, 4) is 0 Å². The van der Waals surface area contributed by atoms with Crippen molar-refractivity contribution in [1.82, 2.24) is 14.6 Å². The molecule has 1 aliphatic carbocycles. The van der Waals surface area contributed by atoms with Crippen LogP contribution in [0.15, 0.2) is 30.5 Å². The molecule has 13 heteroatoms. The molecule has 2 aromatic heterocycles. The fourth-order valence-electron chi connectivity index (χ4n) is 4.69. The molecule has 2 aliphatic rings. The van der Waals surface area contributed by atoms with Gasteiger partial charge in [0, 0.05) is 19.0 Å². The highest BCUT2D eigenvalue weighted by Gasteiger charge is 2.83. The Kier molecular flexibility index (Phi) is 4.68. The number of anilines is 2. The number of benzene rings is 1. The Morgan fingerprint density at radius 2 is 1.94 bits per heavy atom. The Labute approximate surface area is 192 Å². The van der Waals surface area contributed by atoms with Crippen molar-refractivity contribution in [3.05, 3.63) is 52.7 Å². The average molecular weight is 505 g/mol. The summed E-state index contributed by atoms with van der Waals surface area (Å²) in [5, 5.41) is 13.2. The Morgan fingerprint density at radius 1 is 1.24 bits per heavy atom. The molecule has 1 saturated carbocycles. The van der Waals surface area contributed by atoms with Gasteiger partial charge in [-0.05, 0) is 24.6 Å². The van der Waals surface area contributed by atoms with E-state index in [-0.39, 0.29) is 33.4 Å². The highest BCUT2D eigenvalue weighted by atomic mass is 35.5. The van der Waals surface area contributed by atoms with E-state index in [4.69, 9.17) is 11.6 Å². The number of halogens is 7. The van der Waals surface area contributed by atoms with E-state index in [1.807, 2.05) is 0 Å². The lowest BCUT2D eigenvalue weighted by molar-refractivity contribution is -0.172. The molecule has 5 rings (SSSR count). The number of hydrogen-bond acceptors (Lipinski definition) is 4. The second-order valence-electron chi connectivity index (χ2n) is 8.65. The fraction of sp³-hybridized carbons (Fsp3) is 0.381. The second-order valence-corrected chi connectivity index (χ2v) is 9.04. The summed E-state index contributed by atoms with van der Waals surface area (Å²) in [6, 6.07) is 4.30. The van der Waals surface area contributed by atoms with Crippen LogP contribution in [0.4, 0.5) is 37.7 Å². The normalized spacial score (nSPS) is 25.9. The van der Waals surface area contributed by atoms with E-state index in [1.54, 1.807) is 0 Å². The topological polar surface area (TPSA) is 70.7 Å². The van der Waals surface area contributed by atoms with Crippen LogP contribution in [0.3, 0.4) is 0 Å². The van der Waals surface area contributed by atoms with Crippen LogP contribution in [-0.2, 0) is 11.2 Å². The molecule has 1 fully saturated rings. The number of aromatic nitrogens is 3. The first-order valence-corrected chi connectivity index (χ1v) is 10.4. The predicted octanol–water partition coefficient (Wildman–Crippen LogP) is 5.22. The van der Waals surface area contributed by atoms with Gasteiger partial charge >= 0.3 is 12.1 Å². The number of carboxylic acids is 1. The number of rotatable bonds is 3. The van der Waals surface area contributed by atoms with Gasteiger partial charge in [-0.15, -0.1) is 0 Å². The van der Waals surface area contributed by atoms with Crippen molar-refractivity contribution in [2.75, 3.05) is 11.4 Å². The van der Waals surface area contributed by atoms with Gasteiger partial charge in [0.05, 0.1) is 35.1 Å². The molecular formula is C21H15ClF6N4O2. The van der Waals surface area contributed by atoms with Crippen LogP contribution in [-0.4, -0.2) is 44.3 Å². The molecule has 0 amide bonds. The Hall–Kier alpha value is -3.02. The van der Waals surface area contributed by atoms with Gasteiger partial charge in [-0.2, -0.15) is 18.3 Å². The monoisotopic (exact) mass is 504 g/mol. The van der Waals surface area contributed by atoms with Gasteiger partial charge in [0.25, 0.3) is 5.92 Å².